The molecular formula is C30H40O8S2. The van der Waals surface area contributed by atoms with Gasteiger partial charge in [-0.05, 0) is 44.2 Å². The molecule has 220 valence electrons. The van der Waals surface area contributed by atoms with Gasteiger partial charge in [0.2, 0.25) is 0 Å². The molecule has 4 N–H and O–H groups in total. The average molecular weight is 593 g/mol. The number of benzene rings is 1. The summed E-state index contributed by atoms with van der Waals surface area (Å²) in [7, 11) is 0. The van der Waals surface area contributed by atoms with Crippen LogP contribution in [0.4, 0.5) is 0 Å². The summed E-state index contributed by atoms with van der Waals surface area (Å²) < 4.78 is 12.5. The molecule has 1 aromatic rings. The third kappa shape index (κ3) is 4.79. The van der Waals surface area contributed by atoms with Crippen LogP contribution in [-0.4, -0.2) is 84.9 Å². The van der Waals surface area contributed by atoms with Crippen molar-refractivity contribution < 1.29 is 39.5 Å². The Morgan fingerprint density at radius 2 is 1.80 bits per heavy atom. The molecule has 8 nitrogen and oxygen atoms in total. The van der Waals surface area contributed by atoms with Gasteiger partial charge < -0.3 is 29.9 Å². The van der Waals surface area contributed by atoms with E-state index in [0.717, 1.165) is 0 Å². The minimum Gasteiger partial charge on any atom is -0.455 e. The Morgan fingerprint density at radius 1 is 1.18 bits per heavy atom. The highest BCUT2D eigenvalue weighted by molar-refractivity contribution is 8.22. The SMILES string of the molecule is CSC(=S)[C@H]1CC2OC[C@@]2(O)C(C(OC(=O)c2ccccc2)C2(O)CC(O)C(C)=CC2(C)C)[C@]1(C)C(=O)C(C)O. The number of ketones is 1. The smallest absolute Gasteiger partial charge is 0.338 e. The van der Waals surface area contributed by atoms with E-state index >= 15 is 0 Å². The Labute approximate surface area is 245 Å². The Hall–Kier alpha value is -1.66. The summed E-state index contributed by atoms with van der Waals surface area (Å²) in [5.74, 6) is -3.22. The standard InChI is InChI=1S/C30H40O8S2/c1-16-13-27(3,4)30(36,14-20(16)32)24(38-25(34)18-10-8-7-9-11-18)22-28(5,23(33)17(2)31)19(26(39)40-6)12-21-29(22,35)15-37-21/h7-11,13,17,19-22,24,31-32,35-36H,12,14-15H2,1-6H3/t17?,19-,20?,21?,22?,24?,28-,29+,30?/m1/s1. The maximum atomic E-state index is 14.1. The zero-order chi connectivity index (χ0) is 29.8. The molecule has 10 heteroatoms. The van der Waals surface area contributed by atoms with E-state index in [1.165, 1.54) is 18.7 Å². The molecule has 1 saturated heterocycles. The predicted molar refractivity (Wildman–Crippen MR) is 156 cm³/mol. The highest BCUT2D eigenvalue weighted by Crippen LogP contribution is 2.61. The van der Waals surface area contributed by atoms with E-state index in [4.69, 9.17) is 21.7 Å². The first-order chi connectivity index (χ1) is 18.5. The highest BCUT2D eigenvalue weighted by atomic mass is 32.2. The number of rotatable bonds is 7. The minimum absolute atomic E-state index is 0.156. The molecule has 0 radical (unpaired) electrons. The van der Waals surface area contributed by atoms with Gasteiger partial charge in [-0.3, -0.25) is 4.79 Å². The number of esters is 1. The van der Waals surface area contributed by atoms with Gasteiger partial charge in [0, 0.05) is 29.1 Å². The van der Waals surface area contributed by atoms with Crippen molar-refractivity contribution in [1.82, 2.24) is 0 Å². The first kappa shape index (κ1) is 31.3. The van der Waals surface area contributed by atoms with Gasteiger partial charge in [-0.25, -0.2) is 4.79 Å². The van der Waals surface area contributed by atoms with Crippen LogP contribution < -0.4 is 0 Å². The first-order valence-corrected chi connectivity index (χ1v) is 15.2. The molecule has 4 rings (SSSR count). The predicted octanol–water partition coefficient (Wildman–Crippen LogP) is 3.09. The molecule has 1 saturated carbocycles. The second-order valence-corrected chi connectivity index (χ2v) is 13.9. The molecule has 0 spiro atoms. The van der Waals surface area contributed by atoms with Crippen LogP contribution in [0.3, 0.4) is 0 Å². The lowest BCUT2D eigenvalue weighted by molar-refractivity contribution is -0.331. The van der Waals surface area contributed by atoms with Crippen molar-refractivity contribution in [1.29, 1.82) is 0 Å². The summed E-state index contributed by atoms with van der Waals surface area (Å²) in [4.78, 5) is 27.7. The fourth-order valence-corrected chi connectivity index (χ4v) is 8.12. The molecule has 2 aliphatic carbocycles. The quantitative estimate of drug-likeness (QED) is 0.213. The molecule has 9 atom stereocenters. The van der Waals surface area contributed by atoms with E-state index in [2.05, 4.69) is 0 Å². The zero-order valence-corrected chi connectivity index (χ0v) is 25.4. The summed E-state index contributed by atoms with van der Waals surface area (Å²) in [6, 6.07) is 8.26. The topological polar surface area (TPSA) is 134 Å². The van der Waals surface area contributed by atoms with E-state index in [-0.39, 0.29) is 25.0 Å². The van der Waals surface area contributed by atoms with E-state index in [1.54, 1.807) is 70.4 Å². The van der Waals surface area contributed by atoms with Crippen molar-refractivity contribution in [3.8, 4) is 0 Å². The van der Waals surface area contributed by atoms with Gasteiger partial charge in [0.1, 0.15) is 23.4 Å². The number of ether oxygens (including phenoxy) is 2. The molecule has 3 aliphatic rings. The van der Waals surface area contributed by atoms with E-state index < -0.39 is 70.0 Å². The van der Waals surface area contributed by atoms with Gasteiger partial charge in [-0.1, -0.05) is 57.3 Å². The molecule has 2 fully saturated rings. The number of fused-ring (bicyclic) bond motifs is 1. The number of aliphatic hydroxyl groups excluding tert-OH is 2. The fraction of sp³-hybridized carbons (Fsp3) is 0.633. The Morgan fingerprint density at radius 3 is 2.33 bits per heavy atom. The number of thiocarbonyl (C=S) groups is 1. The Bertz CT molecular complexity index is 1200. The Kier molecular flexibility index (Phi) is 8.50. The minimum atomic E-state index is -1.93. The molecule has 0 aromatic heterocycles. The number of carbonyl (C=O) groups is 2. The molecule has 1 heterocycles. The second kappa shape index (κ2) is 10.9. The molecule has 1 aromatic carbocycles. The van der Waals surface area contributed by atoms with Crippen molar-refractivity contribution in [2.75, 3.05) is 12.9 Å². The molecule has 6 unspecified atom stereocenters. The third-order valence-electron chi connectivity index (χ3n) is 9.58. The van der Waals surface area contributed by atoms with E-state index in [0.29, 0.717) is 9.77 Å². The number of carbonyl (C=O) groups excluding carboxylic acids is 2. The molecule has 40 heavy (non-hydrogen) atoms. The maximum Gasteiger partial charge on any atom is 0.338 e. The third-order valence-corrected chi connectivity index (χ3v) is 11.1. The molecule has 0 bridgehead atoms. The van der Waals surface area contributed by atoms with Crippen LogP contribution in [0.2, 0.25) is 0 Å². The van der Waals surface area contributed by atoms with Crippen LogP contribution in [-0.2, 0) is 14.3 Å². The average Bonchev–Trinajstić information content (AvgIpc) is 2.89. The Balaban J connectivity index is 1.99. The summed E-state index contributed by atoms with van der Waals surface area (Å²) in [6.07, 6.45) is -1.15. The van der Waals surface area contributed by atoms with Crippen LogP contribution in [0.25, 0.3) is 0 Å². The van der Waals surface area contributed by atoms with Gasteiger partial charge in [-0.15, -0.1) is 11.8 Å². The normalized spacial score (nSPS) is 38.2. The largest absolute Gasteiger partial charge is 0.455 e. The van der Waals surface area contributed by atoms with Crippen molar-refractivity contribution >= 4 is 39.9 Å². The lowest BCUT2D eigenvalue weighted by Gasteiger charge is -2.65. The second-order valence-electron chi connectivity index (χ2n) is 12.3. The maximum absolute atomic E-state index is 14.1. The van der Waals surface area contributed by atoms with Gasteiger partial charge in [0.25, 0.3) is 0 Å². The zero-order valence-electron chi connectivity index (χ0n) is 23.8. The van der Waals surface area contributed by atoms with Gasteiger partial charge >= 0.3 is 5.97 Å². The lowest BCUT2D eigenvalue weighted by atomic mass is 9.46. The summed E-state index contributed by atoms with van der Waals surface area (Å²) in [5, 5.41) is 46.5. The van der Waals surface area contributed by atoms with Gasteiger partial charge in [0.15, 0.2) is 5.78 Å². The van der Waals surface area contributed by atoms with Crippen LogP contribution in [0.1, 0.15) is 57.8 Å². The number of thioether (sulfide) groups is 1. The van der Waals surface area contributed by atoms with Crippen molar-refractivity contribution in [2.24, 2.45) is 22.7 Å². The van der Waals surface area contributed by atoms with Crippen molar-refractivity contribution in [3.63, 3.8) is 0 Å². The number of hydrogen-bond acceptors (Lipinski definition) is 10. The summed E-state index contributed by atoms with van der Waals surface area (Å²) in [5.41, 5.74) is -5.35. The molecule has 1 aliphatic heterocycles. The number of hydrogen-bond donors (Lipinski definition) is 4. The van der Waals surface area contributed by atoms with Gasteiger partial charge in [-0.2, -0.15) is 0 Å². The van der Waals surface area contributed by atoms with Crippen molar-refractivity contribution in [3.05, 3.63) is 47.5 Å². The van der Waals surface area contributed by atoms with Crippen molar-refractivity contribution in [2.45, 2.75) is 83.1 Å². The first-order valence-electron chi connectivity index (χ1n) is 13.5. The van der Waals surface area contributed by atoms with E-state index in [1.807, 2.05) is 0 Å². The monoisotopic (exact) mass is 592 g/mol. The highest BCUT2D eigenvalue weighted by Gasteiger charge is 2.73. The lowest BCUT2D eigenvalue weighted by Crippen LogP contribution is -2.78. The number of Topliss-reactive ketones (excluding diaryl/α,β-unsaturated/α-hetero) is 1. The van der Waals surface area contributed by atoms with Crippen LogP contribution in [0.5, 0.6) is 0 Å². The van der Waals surface area contributed by atoms with Crippen LogP contribution in [0.15, 0.2) is 42.0 Å². The van der Waals surface area contributed by atoms with Crippen LogP contribution >= 0.6 is 24.0 Å². The number of aliphatic hydroxyl groups is 4. The summed E-state index contributed by atoms with van der Waals surface area (Å²) in [6.45, 7) is 8.13. The molecule has 0 amide bonds. The molecular weight excluding hydrogens is 552 g/mol. The van der Waals surface area contributed by atoms with Crippen LogP contribution in [0, 0.1) is 22.7 Å². The van der Waals surface area contributed by atoms with Gasteiger partial charge in [0.05, 0.1) is 28.6 Å². The van der Waals surface area contributed by atoms with E-state index in [9.17, 15) is 30.0 Å². The fourth-order valence-electron chi connectivity index (χ4n) is 7.15. The summed E-state index contributed by atoms with van der Waals surface area (Å²) >= 11 is 7.01.